The molecule has 0 fully saturated rings. The first-order valence-corrected chi connectivity index (χ1v) is 5.65. The summed E-state index contributed by atoms with van der Waals surface area (Å²) in [5, 5.41) is 0. The lowest BCUT2D eigenvalue weighted by Gasteiger charge is -2.34. The van der Waals surface area contributed by atoms with Crippen molar-refractivity contribution in [2.75, 3.05) is 0 Å². The topological polar surface area (TPSA) is 0 Å². The van der Waals surface area contributed by atoms with Gasteiger partial charge in [-0.1, -0.05) is 37.6 Å². The molecule has 72 valence electrons. The maximum atomic E-state index is 2.52. The molecule has 2 unspecified atom stereocenters. The largest absolute Gasteiger partial charge is 0.0873 e. The predicted octanol–water partition coefficient (Wildman–Crippen LogP) is 3.95. The third-order valence-electron chi connectivity index (χ3n) is 3.52. The van der Waals surface area contributed by atoms with Gasteiger partial charge in [-0.2, -0.15) is 0 Å². The molecule has 2 atom stereocenters. The summed E-state index contributed by atoms with van der Waals surface area (Å²) in [5.41, 5.74) is 1.75. The summed E-state index contributed by atoms with van der Waals surface area (Å²) in [5.74, 6) is 2.46. The Kier molecular flexibility index (Phi) is 2.57. The summed E-state index contributed by atoms with van der Waals surface area (Å²) in [4.78, 5) is 0. The monoisotopic (exact) mass is 176 g/mol. The van der Waals surface area contributed by atoms with Crippen molar-refractivity contribution in [2.24, 2.45) is 17.8 Å². The molecule has 0 saturated heterocycles. The Labute approximate surface area is 81.7 Å². The zero-order valence-electron chi connectivity index (χ0n) is 8.79. The van der Waals surface area contributed by atoms with Crippen molar-refractivity contribution in [3.63, 3.8) is 0 Å². The summed E-state index contributed by atoms with van der Waals surface area (Å²) in [7, 11) is 0. The van der Waals surface area contributed by atoms with Crippen molar-refractivity contribution in [1.82, 2.24) is 0 Å². The molecular weight excluding hydrogens is 156 g/mol. The summed E-state index contributed by atoms with van der Waals surface area (Å²) < 4.78 is 0. The average Bonchev–Trinajstić information content (AvgIpc) is 2.17. The highest BCUT2D eigenvalue weighted by atomic mass is 14.3. The van der Waals surface area contributed by atoms with Crippen molar-refractivity contribution in [3.05, 3.63) is 23.8 Å². The van der Waals surface area contributed by atoms with Crippen LogP contribution in [-0.4, -0.2) is 0 Å². The molecule has 0 spiro atoms. The van der Waals surface area contributed by atoms with E-state index in [9.17, 15) is 0 Å². The third kappa shape index (κ3) is 1.72. The summed E-state index contributed by atoms with van der Waals surface area (Å²) >= 11 is 0. The zero-order valence-corrected chi connectivity index (χ0v) is 8.79. The summed E-state index contributed by atoms with van der Waals surface area (Å²) in [6.45, 7) is 4.71. The second-order valence-corrected chi connectivity index (χ2v) is 4.76. The van der Waals surface area contributed by atoms with Gasteiger partial charge in [0.05, 0.1) is 0 Å². The van der Waals surface area contributed by atoms with Crippen molar-refractivity contribution < 1.29 is 0 Å². The van der Waals surface area contributed by atoms with E-state index in [0.29, 0.717) is 0 Å². The van der Waals surface area contributed by atoms with Crippen LogP contribution in [0.1, 0.15) is 39.5 Å². The van der Waals surface area contributed by atoms with Gasteiger partial charge in [0, 0.05) is 0 Å². The highest BCUT2D eigenvalue weighted by Crippen LogP contribution is 2.39. The molecule has 0 amide bonds. The lowest BCUT2D eigenvalue weighted by molar-refractivity contribution is 0.383. The number of hydrogen-bond donors (Lipinski definition) is 0. The van der Waals surface area contributed by atoms with Gasteiger partial charge in [-0.3, -0.25) is 0 Å². The van der Waals surface area contributed by atoms with E-state index in [4.69, 9.17) is 0 Å². The van der Waals surface area contributed by atoms with Crippen LogP contribution >= 0.6 is 0 Å². The van der Waals surface area contributed by atoms with E-state index in [1.165, 1.54) is 25.7 Å². The zero-order chi connectivity index (χ0) is 9.26. The van der Waals surface area contributed by atoms with E-state index in [0.717, 1.165) is 17.8 Å². The quantitative estimate of drug-likeness (QED) is 0.531. The Hall–Kier alpha value is -0.520. The van der Waals surface area contributed by atoms with E-state index in [1.54, 1.807) is 5.57 Å². The minimum Gasteiger partial charge on any atom is -0.0873 e. The molecule has 0 heteroatoms. The van der Waals surface area contributed by atoms with Crippen molar-refractivity contribution in [2.45, 2.75) is 39.5 Å². The van der Waals surface area contributed by atoms with Gasteiger partial charge in [0.15, 0.2) is 0 Å². The normalized spacial score (nSPS) is 33.0. The molecule has 2 aliphatic carbocycles. The number of allylic oxidation sites excluding steroid dienone is 4. The first kappa shape index (κ1) is 9.05. The van der Waals surface area contributed by atoms with E-state index < -0.39 is 0 Å². The molecule has 0 bridgehead atoms. The van der Waals surface area contributed by atoms with Crippen molar-refractivity contribution in [1.29, 1.82) is 0 Å². The molecule has 0 aromatic carbocycles. The van der Waals surface area contributed by atoms with E-state index in [1.807, 2.05) is 0 Å². The van der Waals surface area contributed by atoms with Gasteiger partial charge in [0.25, 0.3) is 0 Å². The van der Waals surface area contributed by atoms with Gasteiger partial charge in [0.2, 0.25) is 0 Å². The summed E-state index contributed by atoms with van der Waals surface area (Å²) in [6.07, 6.45) is 12.7. The van der Waals surface area contributed by atoms with Crippen molar-refractivity contribution in [3.8, 4) is 0 Å². The minimum atomic E-state index is 0.801. The molecule has 2 aliphatic rings. The SMILES string of the molecule is CC(C)C1CC=CC2CCCC=C21. The Balaban J connectivity index is 2.22. The fourth-order valence-electron chi connectivity index (χ4n) is 2.74. The molecule has 0 saturated carbocycles. The predicted molar refractivity (Wildman–Crippen MR) is 57.5 cm³/mol. The Morgan fingerprint density at radius 3 is 3.00 bits per heavy atom. The fourth-order valence-corrected chi connectivity index (χ4v) is 2.74. The maximum absolute atomic E-state index is 2.52. The van der Waals surface area contributed by atoms with Gasteiger partial charge >= 0.3 is 0 Å². The lowest BCUT2D eigenvalue weighted by Crippen LogP contribution is -2.22. The van der Waals surface area contributed by atoms with E-state index >= 15 is 0 Å². The van der Waals surface area contributed by atoms with Crippen LogP contribution in [0, 0.1) is 17.8 Å². The first-order valence-electron chi connectivity index (χ1n) is 5.65. The molecule has 2 rings (SSSR count). The second-order valence-electron chi connectivity index (χ2n) is 4.76. The second kappa shape index (κ2) is 3.69. The van der Waals surface area contributed by atoms with Crippen LogP contribution < -0.4 is 0 Å². The first-order chi connectivity index (χ1) is 6.29. The lowest BCUT2D eigenvalue weighted by atomic mass is 9.72. The Bertz CT molecular complexity index is 232. The number of rotatable bonds is 1. The van der Waals surface area contributed by atoms with Crippen LogP contribution in [0.15, 0.2) is 23.8 Å². The standard InChI is InChI=1S/C13H20/c1-10(2)12-9-5-7-11-6-3-4-8-13(11)12/h5,7-8,10-12H,3-4,6,9H2,1-2H3. The van der Waals surface area contributed by atoms with E-state index in [-0.39, 0.29) is 0 Å². The molecule has 0 aromatic heterocycles. The van der Waals surface area contributed by atoms with Crippen molar-refractivity contribution >= 4 is 0 Å². The number of hydrogen-bond acceptors (Lipinski definition) is 0. The van der Waals surface area contributed by atoms with Gasteiger partial charge in [-0.25, -0.2) is 0 Å². The van der Waals surface area contributed by atoms with Gasteiger partial charge in [0.1, 0.15) is 0 Å². The molecule has 0 N–H and O–H groups in total. The minimum absolute atomic E-state index is 0.801. The van der Waals surface area contributed by atoms with Crippen LogP contribution in [0.2, 0.25) is 0 Å². The maximum Gasteiger partial charge on any atom is -0.00202 e. The Morgan fingerprint density at radius 1 is 1.38 bits per heavy atom. The smallest absolute Gasteiger partial charge is 0.00202 e. The van der Waals surface area contributed by atoms with Gasteiger partial charge < -0.3 is 0 Å². The third-order valence-corrected chi connectivity index (χ3v) is 3.52. The highest BCUT2D eigenvalue weighted by Gasteiger charge is 2.27. The number of fused-ring (bicyclic) bond motifs is 1. The average molecular weight is 176 g/mol. The molecule has 0 nitrogen and oxygen atoms in total. The van der Waals surface area contributed by atoms with Gasteiger partial charge in [-0.05, 0) is 43.4 Å². The van der Waals surface area contributed by atoms with Gasteiger partial charge in [-0.15, -0.1) is 0 Å². The van der Waals surface area contributed by atoms with Crippen LogP contribution in [0.5, 0.6) is 0 Å². The van der Waals surface area contributed by atoms with Crippen LogP contribution in [0.3, 0.4) is 0 Å². The molecule has 0 aliphatic heterocycles. The van der Waals surface area contributed by atoms with Crippen LogP contribution in [-0.2, 0) is 0 Å². The summed E-state index contributed by atoms with van der Waals surface area (Å²) in [6, 6.07) is 0. The van der Waals surface area contributed by atoms with Crippen LogP contribution in [0.25, 0.3) is 0 Å². The molecule has 0 aromatic rings. The fraction of sp³-hybridized carbons (Fsp3) is 0.692. The van der Waals surface area contributed by atoms with Crippen LogP contribution in [0.4, 0.5) is 0 Å². The molecule has 13 heavy (non-hydrogen) atoms. The molecule has 0 radical (unpaired) electrons. The molecular formula is C13H20. The Morgan fingerprint density at radius 2 is 2.23 bits per heavy atom. The van der Waals surface area contributed by atoms with E-state index in [2.05, 4.69) is 32.1 Å². The molecule has 0 heterocycles. The highest BCUT2D eigenvalue weighted by molar-refractivity contribution is 5.24.